The molecule has 35 heavy (non-hydrogen) atoms. The van der Waals surface area contributed by atoms with E-state index in [1.54, 1.807) is 12.0 Å². The van der Waals surface area contributed by atoms with Crippen molar-refractivity contribution in [1.82, 2.24) is 9.80 Å². The molecular formula is C26H31N7O2. The van der Waals surface area contributed by atoms with E-state index < -0.39 is 0 Å². The van der Waals surface area contributed by atoms with Gasteiger partial charge in [0, 0.05) is 49.1 Å². The number of nitrogens with two attached hydrogens (primary N) is 2. The van der Waals surface area contributed by atoms with Crippen LogP contribution in [0.25, 0.3) is 11.1 Å². The Labute approximate surface area is 205 Å². The highest BCUT2D eigenvalue weighted by atomic mass is 16.5. The van der Waals surface area contributed by atoms with Gasteiger partial charge in [0.1, 0.15) is 5.75 Å². The van der Waals surface area contributed by atoms with Crippen LogP contribution in [0.15, 0.2) is 54.6 Å². The summed E-state index contributed by atoms with van der Waals surface area (Å²) >= 11 is 0. The molecule has 2 aromatic carbocycles. The van der Waals surface area contributed by atoms with Gasteiger partial charge in [-0.2, -0.15) is 0 Å². The van der Waals surface area contributed by atoms with Crippen LogP contribution in [0, 0.1) is 10.8 Å². The summed E-state index contributed by atoms with van der Waals surface area (Å²) < 4.78 is 5.60. The number of nitrogens with one attached hydrogen (secondary N) is 3. The third-order valence-electron chi connectivity index (χ3n) is 6.42. The largest absolute Gasteiger partial charge is 0.496 e. The predicted octanol–water partition coefficient (Wildman–Crippen LogP) is 2.91. The second-order valence-corrected chi connectivity index (χ2v) is 8.57. The maximum Gasteiger partial charge on any atom is 0.255 e. The minimum Gasteiger partial charge on any atom is -0.496 e. The summed E-state index contributed by atoms with van der Waals surface area (Å²) in [5.41, 5.74) is 16.7. The Hall–Kier alpha value is -4.27. The van der Waals surface area contributed by atoms with Gasteiger partial charge in [-0.3, -0.25) is 15.6 Å². The average Bonchev–Trinajstić information content (AvgIpc) is 2.88. The molecule has 0 fully saturated rings. The molecule has 0 aromatic heterocycles. The fourth-order valence-electron chi connectivity index (χ4n) is 4.36. The summed E-state index contributed by atoms with van der Waals surface area (Å²) in [6.07, 6.45) is 5.70. The van der Waals surface area contributed by atoms with E-state index in [9.17, 15) is 4.79 Å². The lowest BCUT2D eigenvalue weighted by molar-refractivity contribution is 0.102. The van der Waals surface area contributed by atoms with Crippen molar-refractivity contribution in [2.24, 2.45) is 11.5 Å². The molecule has 7 N–H and O–H groups in total. The summed E-state index contributed by atoms with van der Waals surface area (Å²) in [6.45, 7) is 2.61. The fourth-order valence-corrected chi connectivity index (χ4v) is 4.36. The molecule has 0 saturated heterocycles. The molecule has 2 heterocycles. The zero-order chi connectivity index (χ0) is 24.9. The van der Waals surface area contributed by atoms with E-state index in [2.05, 4.69) is 17.5 Å². The van der Waals surface area contributed by atoms with Crippen LogP contribution >= 0.6 is 0 Å². The second kappa shape index (κ2) is 10.3. The number of carbonyl (C=O) groups is 1. The molecule has 0 atom stereocenters. The molecule has 9 heteroatoms. The predicted molar refractivity (Wildman–Crippen MR) is 140 cm³/mol. The van der Waals surface area contributed by atoms with Gasteiger partial charge in [0.25, 0.3) is 5.91 Å². The molecule has 0 aliphatic carbocycles. The van der Waals surface area contributed by atoms with Crippen LogP contribution < -0.4 is 21.5 Å². The van der Waals surface area contributed by atoms with E-state index >= 15 is 0 Å². The van der Waals surface area contributed by atoms with E-state index in [0.29, 0.717) is 43.2 Å². The van der Waals surface area contributed by atoms with Crippen molar-refractivity contribution in [3.8, 4) is 5.75 Å². The molecule has 2 aliphatic heterocycles. The Balaban J connectivity index is 1.43. The number of ether oxygens (including phenoxy) is 1. The molecule has 0 radical (unpaired) electrons. The summed E-state index contributed by atoms with van der Waals surface area (Å²) in [7, 11) is 1.62. The molecular weight excluding hydrogens is 442 g/mol. The number of methoxy groups -OCH3 is 1. The Kier molecular flexibility index (Phi) is 7.05. The molecule has 9 nitrogen and oxygen atoms in total. The Bertz CT molecular complexity index is 1200. The number of anilines is 1. The van der Waals surface area contributed by atoms with Crippen LogP contribution in [-0.4, -0.2) is 60.9 Å². The Morgan fingerprint density at radius 3 is 2.03 bits per heavy atom. The van der Waals surface area contributed by atoms with Crippen LogP contribution in [0.2, 0.25) is 0 Å². The van der Waals surface area contributed by atoms with Crippen molar-refractivity contribution >= 4 is 34.7 Å². The van der Waals surface area contributed by atoms with Crippen LogP contribution in [0.5, 0.6) is 5.75 Å². The number of nitrogens with zero attached hydrogens (tertiary/aromatic N) is 2. The van der Waals surface area contributed by atoms with Crippen LogP contribution in [0.4, 0.5) is 5.69 Å². The summed E-state index contributed by atoms with van der Waals surface area (Å²) in [4.78, 5) is 16.5. The number of hydrogen-bond donors (Lipinski definition) is 5. The van der Waals surface area contributed by atoms with Crippen LogP contribution in [-0.2, 0) is 0 Å². The second-order valence-electron chi connectivity index (χ2n) is 8.57. The zero-order valence-corrected chi connectivity index (χ0v) is 19.8. The molecule has 182 valence electrons. The van der Waals surface area contributed by atoms with Gasteiger partial charge < -0.3 is 31.3 Å². The van der Waals surface area contributed by atoms with Gasteiger partial charge in [-0.05, 0) is 53.8 Å². The van der Waals surface area contributed by atoms with Gasteiger partial charge in [0.2, 0.25) is 0 Å². The van der Waals surface area contributed by atoms with Crippen LogP contribution in [0.1, 0.15) is 34.3 Å². The number of carbonyl (C=O) groups excluding carboxylic acids is 1. The van der Waals surface area contributed by atoms with Crippen molar-refractivity contribution in [3.63, 3.8) is 0 Å². The minimum absolute atomic E-state index is 0.0773. The number of rotatable bonds is 5. The van der Waals surface area contributed by atoms with Crippen molar-refractivity contribution in [2.75, 3.05) is 38.6 Å². The smallest absolute Gasteiger partial charge is 0.255 e. The lowest BCUT2D eigenvalue weighted by Gasteiger charge is -2.27. The van der Waals surface area contributed by atoms with Crippen molar-refractivity contribution in [1.29, 1.82) is 10.8 Å². The standard InChI is InChI=1S/C26H31N7O2/c1-35-23-16-21(6-7-22(23)19-10-14-33(15-11-19)26(29)30)31-24(34)20-4-2-17(3-5-20)18-8-12-32(13-9-18)25(27)28/h2-8,10,16H,9,11-15H2,1H3,(H3,27,28)(H3,29,30)(H,31,34). The van der Waals surface area contributed by atoms with E-state index in [-0.39, 0.29) is 17.8 Å². The lowest BCUT2D eigenvalue weighted by atomic mass is 9.98. The maximum atomic E-state index is 12.8. The number of amides is 1. The molecule has 0 unspecified atom stereocenters. The Morgan fingerprint density at radius 2 is 1.51 bits per heavy atom. The van der Waals surface area contributed by atoms with Crippen molar-refractivity contribution in [2.45, 2.75) is 12.8 Å². The molecule has 2 aliphatic rings. The molecule has 0 saturated carbocycles. The van der Waals surface area contributed by atoms with E-state index in [0.717, 1.165) is 29.5 Å². The number of benzene rings is 2. The highest BCUT2D eigenvalue weighted by molar-refractivity contribution is 6.04. The first kappa shape index (κ1) is 23.9. The molecule has 0 spiro atoms. The minimum atomic E-state index is -0.194. The molecule has 4 rings (SSSR count). The van der Waals surface area contributed by atoms with E-state index in [1.165, 1.54) is 5.57 Å². The van der Waals surface area contributed by atoms with Crippen molar-refractivity contribution in [3.05, 3.63) is 71.3 Å². The summed E-state index contributed by atoms with van der Waals surface area (Å²) in [5, 5.41) is 18.1. The van der Waals surface area contributed by atoms with Crippen LogP contribution in [0.3, 0.4) is 0 Å². The fraction of sp³-hybridized carbons (Fsp3) is 0.269. The van der Waals surface area contributed by atoms with Gasteiger partial charge in [-0.1, -0.05) is 24.3 Å². The average molecular weight is 474 g/mol. The maximum absolute atomic E-state index is 12.8. The highest BCUT2D eigenvalue weighted by Gasteiger charge is 2.18. The Morgan fingerprint density at radius 1 is 0.914 bits per heavy atom. The third-order valence-corrected chi connectivity index (χ3v) is 6.42. The summed E-state index contributed by atoms with van der Waals surface area (Å²) in [6, 6.07) is 13.2. The third kappa shape index (κ3) is 5.46. The molecule has 1 amide bonds. The summed E-state index contributed by atoms with van der Waals surface area (Å²) in [5.74, 6) is 0.658. The van der Waals surface area contributed by atoms with Gasteiger partial charge in [-0.25, -0.2) is 0 Å². The van der Waals surface area contributed by atoms with E-state index in [4.69, 9.17) is 27.0 Å². The highest BCUT2D eigenvalue weighted by Crippen LogP contribution is 2.33. The molecule has 2 aromatic rings. The van der Waals surface area contributed by atoms with Crippen molar-refractivity contribution < 1.29 is 9.53 Å². The van der Waals surface area contributed by atoms with Gasteiger partial charge >= 0.3 is 0 Å². The first-order valence-electron chi connectivity index (χ1n) is 11.5. The number of hydrogen-bond acceptors (Lipinski definition) is 4. The quantitative estimate of drug-likeness (QED) is 0.334. The monoisotopic (exact) mass is 473 g/mol. The zero-order valence-electron chi connectivity index (χ0n) is 19.8. The SMILES string of the molecule is COc1cc(NC(=O)c2ccc(C3=CCN(C(=N)N)CC3)cc2)ccc1C1=CCN(C(=N)N)CC1. The van der Waals surface area contributed by atoms with Gasteiger partial charge in [-0.15, -0.1) is 0 Å². The van der Waals surface area contributed by atoms with Gasteiger partial charge in [0.15, 0.2) is 11.9 Å². The topological polar surface area (TPSA) is 145 Å². The van der Waals surface area contributed by atoms with Gasteiger partial charge in [0.05, 0.1) is 7.11 Å². The first-order chi connectivity index (χ1) is 16.9. The normalized spacial score (nSPS) is 15.7. The van der Waals surface area contributed by atoms with E-state index in [1.807, 2.05) is 47.4 Å². The first-order valence-corrected chi connectivity index (χ1v) is 11.5. The number of guanidine groups is 2. The molecule has 0 bridgehead atoms. The lowest BCUT2D eigenvalue weighted by Crippen LogP contribution is -2.39.